The van der Waals surface area contributed by atoms with Gasteiger partial charge in [0.15, 0.2) is 5.65 Å². The molecule has 3 N–H and O–H groups in total. The van der Waals surface area contributed by atoms with Gasteiger partial charge in [0.05, 0.1) is 11.9 Å². The third kappa shape index (κ3) is 3.94. The lowest BCUT2D eigenvalue weighted by atomic mass is 9.76. The Morgan fingerprint density at radius 3 is 2.63 bits per heavy atom. The number of anilines is 1. The fourth-order valence-corrected chi connectivity index (χ4v) is 4.18. The van der Waals surface area contributed by atoms with Crippen LogP contribution in [-0.2, 0) is 0 Å². The molecule has 3 aromatic rings. The first-order valence-electron chi connectivity index (χ1n) is 9.56. The van der Waals surface area contributed by atoms with Crippen molar-refractivity contribution < 1.29 is 0 Å². The number of aromatic nitrogens is 3. The largest absolute Gasteiger partial charge is 0.366 e. The van der Waals surface area contributed by atoms with Crippen molar-refractivity contribution in [2.75, 3.05) is 5.32 Å². The summed E-state index contributed by atoms with van der Waals surface area (Å²) < 4.78 is 1.88. The fourth-order valence-electron chi connectivity index (χ4n) is 3.99. The van der Waals surface area contributed by atoms with Gasteiger partial charge in [-0.3, -0.25) is 0 Å². The zero-order valence-electron chi connectivity index (χ0n) is 15.8. The molecular weight excluding hydrogens is 358 g/mol. The number of nitrogens with two attached hydrogens (primary N) is 1. The first kappa shape index (κ1) is 18.3. The van der Waals surface area contributed by atoms with Crippen LogP contribution < -0.4 is 11.1 Å². The van der Waals surface area contributed by atoms with Crippen LogP contribution in [0, 0.1) is 5.92 Å². The summed E-state index contributed by atoms with van der Waals surface area (Å²) in [5.41, 5.74) is 8.96. The van der Waals surface area contributed by atoms with Gasteiger partial charge in [0.1, 0.15) is 5.82 Å². The molecule has 2 heterocycles. The Morgan fingerprint density at radius 1 is 1.15 bits per heavy atom. The van der Waals surface area contributed by atoms with E-state index in [2.05, 4.69) is 24.1 Å². The summed E-state index contributed by atoms with van der Waals surface area (Å²) >= 11 is 6.15. The number of hydrogen-bond acceptors (Lipinski definition) is 4. The summed E-state index contributed by atoms with van der Waals surface area (Å²) in [5, 5.41) is 9.08. The highest BCUT2D eigenvalue weighted by molar-refractivity contribution is 6.30. The molecule has 0 atom stereocenters. The molecule has 0 spiro atoms. The lowest BCUT2D eigenvalue weighted by Gasteiger charge is -2.37. The lowest BCUT2D eigenvalue weighted by Crippen LogP contribution is -2.44. The average molecular weight is 384 g/mol. The Kier molecular flexibility index (Phi) is 4.82. The van der Waals surface area contributed by atoms with Crippen molar-refractivity contribution in [2.45, 2.75) is 51.1 Å². The molecule has 4 rings (SSSR count). The number of hydrogen-bond donors (Lipinski definition) is 2. The van der Waals surface area contributed by atoms with E-state index in [0.29, 0.717) is 17.0 Å². The van der Waals surface area contributed by atoms with Gasteiger partial charge in [-0.05, 0) is 69.7 Å². The lowest BCUT2D eigenvalue weighted by molar-refractivity contribution is 0.230. The number of nitrogens with one attached hydrogen (secondary N) is 1. The second-order valence-electron chi connectivity index (χ2n) is 8.16. The van der Waals surface area contributed by atoms with E-state index in [9.17, 15) is 0 Å². The number of fused-ring (bicyclic) bond motifs is 1. The predicted molar refractivity (Wildman–Crippen MR) is 111 cm³/mol. The van der Waals surface area contributed by atoms with Gasteiger partial charge in [-0.15, -0.1) is 5.10 Å². The van der Waals surface area contributed by atoms with Gasteiger partial charge in [-0.2, -0.15) is 0 Å². The van der Waals surface area contributed by atoms with Crippen LogP contribution in [0.5, 0.6) is 0 Å². The number of nitrogens with zero attached hydrogens (tertiary/aromatic N) is 3. The Hall–Kier alpha value is -2.11. The van der Waals surface area contributed by atoms with Crippen molar-refractivity contribution in [3.63, 3.8) is 0 Å². The Balaban J connectivity index is 1.53. The summed E-state index contributed by atoms with van der Waals surface area (Å²) in [6, 6.07) is 12.2. The van der Waals surface area contributed by atoms with E-state index in [-0.39, 0.29) is 5.54 Å². The van der Waals surface area contributed by atoms with E-state index in [1.807, 2.05) is 47.1 Å². The third-order valence-electron chi connectivity index (χ3n) is 5.61. The van der Waals surface area contributed by atoms with Gasteiger partial charge in [0.2, 0.25) is 0 Å². The molecule has 1 aliphatic carbocycles. The van der Waals surface area contributed by atoms with Gasteiger partial charge in [0.25, 0.3) is 0 Å². The predicted octanol–water partition coefficient (Wildman–Crippen LogP) is 4.76. The molecule has 6 heteroatoms. The highest BCUT2D eigenvalue weighted by Gasteiger charge is 2.30. The summed E-state index contributed by atoms with van der Waals surface area (Å²) in [4.78, 5) is 4.47. The smallest absolute Gasteiger partial charge is 0.154 e. The number of rotatable bonds is 4. The average Bonchev–Trinajstić information content (AvgIpc) is 3.05. The first-order valence-corrected chi connectivity index (χ1v) is 9.94. The van der Waals surface area contributed by atoms with E-state index in [1.165, 1.54) is 0 Å². The quantitative estimate of drug-likeness (QED) is 0.681. The Morgan fingerprint density at radius 2 is 1.93 bits per heavy atom. The summed E-state index contributed by atoms with van der Waals surface area (Å²) in [6.45, 7) is 4.27. The van der Waals surface area contributed by atoms with Gasteiger partial charge >= 0.3 is 0 Å². The highest BCUT2D eigenvalue weighted by Crippen LogP contribution is 2.32. The summed E-state index contributed by atoms with van der Waals surface area (Å²) in [6.07, 6.45) is 6.39. The number of imidazole rings is 1. The standard InChI is InChI=1S/C21H26ClN5/c1-21(2,23)15-6-8-17(9-7-15)25-19-10-11-20-24-13-18(27(20)26-19)14-4-3-5-16(22)12-14/h3-5,10-13,15,17H,6-9,23H2,1-2H3,(H,25,26)/t15-,17-. The molecule has 0 aliphatic heterocycles. The van der Waals surface area contributed by atoms with Gasteiger partial charge in [0, 0.05) is 22.2 Å². The fraction of sp³-hybridized carbons (Fsp3) is 0.429. The molecule has 0 saturated heterocycles. The third-order valence-corrected chi connectivity index (χ3v) is 5.85. The highest BCUT2D eigenvalue weighted by atomic mass is 35.5. The molecule has 0 radical (unpaired) electrons. The summed E-state index contributed by atoms with van der Waals surface area (Å²) in [7, 11) is 0. The minimum Gasteiger partial charge on any atom is -0.366 e. The van der Waals surface area contributed by atoms with Gasteiger partial charge < -0.3 is 11.1 Å². The number of halogens is 1. The van der Waals surface area contributed by atoms with Crippen LogP contribution in [0.2, 0.25) is 5.02 Å². The van der Waals surface area contributed by atoms with Crippen LogP contribution >= 0.6 is 11.6 Å². The van der Waals surface area contributed by atoms with Gasteiger partial charge in [-0.25, -0.2) is 9.50 Å². The second kappa shape index (κ2) is 7.13. The molecule has 0 unspecified atom stereocenters. The minimum absolute atomic E-state index is 0.0925. The van der Waals surface area contributed by atoms with E-state index < -0.39 is 0 Å². The van der Waals surface area contributed by atoms with Crippen molar-refractivity contribution >= 4 is 23.1 Å². The van der Waals surface area contributed by atoms with E-state index in [1.54, 1.807) is 0 Å². The van der Waals surface area contributed by atoms with Crippen LogP contribution in [-0.4, -0.2) is 26.2 Å². The van der Waals surface area contributed by atoms with Crippen LogP contribution in [0.1, 0.15) is 39.5 Å². The van der Waals surface area contributed by atoms with Crippen molar-refractivity contribution in [3.05, 3.63) is 47.6 Å². The van der Waals surface area contributed by atoms with Gasteiger partial charge in [-0.1, -0.05) is 23.7 Å². The van der Waals surface area contributed by atoms with Crippen LogP contribution in [0.4, 0.5) is 5.82 Å². The van der Waals surface area contributed by atoms with Crippen molar-refractivity contribution in [1.82, 2.24) is 14.6 Å². The van der Waals surface area contributed by atoms with E-state index >= 15 is 0 Å². The van der Waals surface area contributed by atoms with Crippen molar-refractivity contribution in [3.8, 4) is 11.3 Å². The monoisotopic (exact) mass is 383 g/mol. The molecule has 5 nitrogen and oxygen atoms in total. The maximum atomic E-state index is 6.29. The van der Waals surface area contributed by atoms with Crippen LogP contribution in [0.25, 0.3) is 16.9 Å². The molecular formula is C21H26ClN5. The second-order valence-corrected chi connectivity index (χ2v) is 8.59. The molecule has 0 bridgehead atoms. The van der Waals surface area contributed by atoms with E-state index in [4.69, 9.17) is 22.4 Å². The molecule has 0 amide bonds. The topological polar surface area (TPSA) is 68.2 Å². The Bertz CT molecular complexity index is 935. The maximum absolute atomic E-state index is 6.29. The van der Waals surface area contributed by atoms with Crippen LogP contribution in [0.3, 0.4) is 0 Å². The molecule has 142 valence electrons. The normalized spacial score (nSPS) is 20.7. The number of benzene rings is 1. The zero-order chi connectivity index (χ0) is 19.0. The molecule has 1 fully saturated rings. The van der Waals surface area contributed by atoms with Crippen molar-refractivity contribution in [1.29, 1.82) is 0 Å². The summed E-state index contributed by atoms with van der Waals surface area (Å²) in [5.74, 6) is 1.47. The molecule has 1 saturated carbocycles. The SMILES string of the molecule is CC(C)(N)[C@H]1CC[C@H](Nc2ccc3ncc(-c4cccc(Cl)c4)n3n2)CC1. The zero-order valence-corrected chi connectivity index (χ0v) is 16.6. The minimum atomic E-state index is -0.0925. The van der Waals surface area contributed by atoms with Crippen molar-refractivity contribution in [2.24, 2.45) is 11.7 Å². The molecule has 27 heavy (non-hydrogen) atoms. The molecule has 2 aromatic heterocycles. The Labute approximate surface area is 164 Å². The van der Waals surface area contributed by atoms with Crippen LogP contribution in [0.15, 0.2) is 42.6 Å². The molecule has 1 aliphatic rings. The first-order chi connectivity index (χ1) is 12.9. The molecule has 1 aromatic carbocycles. The van der Waals surface area contributed by atoms with E-state index in [0.717, 1.165) is 48.4 Å². The maximum Gasteiger partial charge on any atom is 0.154 e.